The number of hydrogen-bond donors (Lipinski definition) is 2. The summed E-state index contributed by atoms with van der Waals surface area (Å²) in [5.74, 6) is -9.16. The average Bonchev–Trinajstić information content (AvgIpc) is 3.33. The Kier molecular flexibility index (Phi) is 9.30. The van der Waals surface area contributed by atoms with Crippen molar-refractivity contribution in [2.24, 2.45) is 23.2 Å². The van der Waals surface area contributed by atoms with Crippen LogP contribution in [-0.2, 0) is 57.2 Å². The van der Waals surface area contributed by atoms with Gasteiger partial charge in [0.25, 0.3) is 0 Å². The molecular formula is C31H43ClO14. The second-order valence-electron chi connectivity index (χ2n) is 13.5. The predicted molar refractivity (Wildman–Crippen MR) is 155 cm³/mol. The maximum atomic E-state index is 13.2. The lowest BCUT2D eigenvalue weighted by Gasteiger charge is -2.54. The third kappa shape index (κ3) is 5.06. The zero-order valence-corrected chi connectivity index (χ0v) is 28.0. The van der Waals surface area contributed by atoms with Crippen LogP contribution in [-0.4, -0.2) is 98.7 Å². The number of ether oxygens (including phenoxy) is 6. The smallest absolute Gasteiger partial charge is 0.307 e. The van der Waals surface area contributed by atoms with Gasteiger partial charge in [-0.1, -0.05) is 6.92 Å². The molecule has 3 saturated carbocycles. The fraction of sp³-hybridized carbons (Fsp3) is 0.806. The number of carbonyl (C=O) groups is 6. The summed E-state index contributed by atoms with van der Waals surface area (Å²) >= 11 is 6.32. The normalized spacial score (nSPS) is 42.2. The van der Waals surface area contributed by atoms with Crippen molar-refractivity contribution in [2.45, 2.75) is 128 Å². The second kappa shape index (κ2) is 11.9. The van der Waals surface area contributed by atoms with Crippen LogP contribution in [0.15, 0.2) is 0 Å². The zero-order valence-electron chi connectivity index (χ0n) is 27.2. The van der Waals surface area contributed by atoms with Crippen molar-refractivity contribution in [1.29, 1.82) is 0 Å². The Morgan fingerprint density at radius 3 is 1.96 bits per heavy atom. The molecule has 258 valence electrons. The van der Waals surface area contributed by atoms with Gasteiger partial charge >= 0.3 is 35.8 Å². The first-order chi connectivity index (χ1) is 21.2. The summed E-state index contributed by atoms with van der Waals surface area (Å²) in [6.07, 6.45) is -7.16. The fourth-order valence-electron chi connectivity index (χ4n) is 9.26. The van der Waals surface area contributed by atoms with E-state index in [0.29, 0.717) is 0 Å². The van der Waals surface area contributed by atoms with Gasteiger partial charge in [0.2, 0.25) is 0 Å². The molecule has 0 aromatic carbocycles. The first-order valence-corrected chi connectivity index (χ1v) is 15.8. The standard InChI is InChI=1S/C31H43ClO14/c1-9-21(37)44-23-18-10-11-19-28(7,40)20-12-22(38)46-31(20,27(6,39)13-32)25(42-15(3)34)24(41-14(2)33)30(19,23)26(43-16(4)35)29(18,8)45-17(5)36/h18-20,23-26,39-40H,9-13H2,1-8H3/t18-,19+,20+,23-,24-,25-,26+,27-,28-,29+,30+,31+/m1/s1. The molecule has 46 heavy (non-hydrogen) atoms. The summed E-state index contributed by atoms with van der Waals surface area (Å²) < 4.78 is 35.9. The lowest BCUT2D eigenvalue weighted by atomic mass is 9.55. The summed E-state index contributed by atoms with van der Waals surface area (Å²) in [6, 6.07) is 0. The molecule has 4 fully saturated rings. The molecule has 1 aliphatic heterocycles. The van der Waals surface area contributed by atoms with Crippen molar-refractivity contribution in [3.63, 3.8) is 0 Å². The molecule has 0 aromatic heterocycles. The van der Waals surface area contributed by atoms with Gasteiger partial charge in [0, 0.05) is 51.9 Å². The van der Waals surface area contributed by atoms with Gasteiger partial charge in [-0.2, -0.15) is 0 Å². The minimum Gasteiger partial charge on any atom is -0.461 e. The number of halogens is 1. The van der Waals surface area contributed by atoms with Crippen LogP contribution in [0, 0.1) is 23.2 Å². The van der Waals surface area contributed by atoms with Crippen LogP contribution in [0.4, 0.5) is 0 Å². The number of aliphatic hydroxyl groups is 2. The summed E-state index contributed by atoms with van der Waals surface area (Å²) in [6.45, 7) is 9.99. The Morgan fingerprint density at radius 2 is 1.46 bits per heavy atom. The summed E-state index contributed by atoms with van der Waals surface area (Å²) in [4.78, 5) is 77.9. The van der Waals surface area contributed by atoms with Crippen molar-refractivity contribution in [3.05, 3.63) is 0 Å². The SMILES string of the molecule is CCC(=O)O[C@@H]1[C@H]2CC[C@H]3[C@@](C)(O)[C@@H]4CC(=O)O[C@]4([C@](C)(O)CCl)[C@H](OC(C)=O)[C@@H](OC(C)=O)[C@@]13[C@@H](OC(C)=O)[C@@]2(C)OC(C)=O. The molecule has 1 spiro atoms. The largest absolute Gasteiger partial charge is 0.461 e. The molecule has 4 rings (SSSR count). The number of hydrogen-bond acceptors (Lipinski definition) is 14. The molecule has 0 aromatic rings. The van der Waals surface area contributed by atoms with Crippen LogP contribution in [0.25, 0.3) is 0 Å². The van der Waals surface area contributed by atoms with E-state index in [1.165, 1.54) is 20.8 Å². The van der Waals surface area contributed by atoms with Gasteiger partial charge in [-0.05, 0) is 33.6 Å². The summed E-state index contributed by atoms with van der Waals surface area (Å²) in [7, 11) is 0. The van der Waals surface area contributed by atoms with E-state index in [4.69, 9.17) is 40.0 Å². The molecule has 4 aliphatic rings. The average molecular weight is 675 g/mol. The van der Waals surface area contributed by atoms with Crippen molar-refractivity contribution < 1.29 is 67.4 Å². The lowest BCUT2D eigenvalue weighted by molar-refractivity contribution is -0.264. The molecule has 1 heterocycles. The maximum Gasteiger partial charge on any atom is 0.307 e. The Balaban J connectivity index is 2.26. The minimum absolute atomic E-state index is 0.0702. The number of esters is 6. The molecule has 2 bridgehead atoms. The molecule has 12 atom stereocenters. The van der Waals surface area contributed by atoms with Gasteiger partial charge < -0.3 is 38.6 Å². The Morgan fingerprint density at radius 1 is 0.891 bits per heavy atom. The van der Waals surface area contributed by atoms with Crippen LogP contribution < -0.4 is 0 Å². The Hall–Kier alpha value is -2.97. The highest BCUT2D eigenvalue weighted by molar-refractivity contribution is 6.18. The molecular weight excluding hydrogens is 632 g/mol. The molecule has 0 unspecified atom stereocenters. The van der Waals surface area contributed by atoms with Gasteiger partial charge in [-0.25, -0.2) is 0 Å². The van der Waals surface area contributed by atoms with Gasteiger partial charge in [-0.3, -0.25) is 28.8 Å². The highest BCUT2D eigenvalue weighted by atomic mass is 35.5. The van der Waals surface area contributed by atoms with Crippen LogP contribution in [0.5, 0.6) is 0 Å². The van der Waals surface area contributed by atoms with Gasteiger partial charge in [0.1, 0.15) is 11.7 Å². The summed E-state index contributed by atoms with van der Waals surface area (Å²) in [5, 5.41) is 24.8. The van der Waals surface area contributed by atoms with Crippen molar-refractivity contribution in [1.82, 2.24) is 0 Å². The van der Waals surface area contributed by atoms with Gasteiger partial charge in [0.05, 0.1) is 23.3 Å². The Labute approximate surface area is 271 Å². The van der Waals surface area contributed by atoms with E-state index in [2.05, 4.69) is 0 Å². The minimum atomic E-state index is -2.36. The number of fused-ring (bicyclic) bond motifs is 2. The maximum absolute atomic E-state index is 13.2. The van der Waals surface area contributed by atoms with Crippen LogP contribution in [0.1, 0.15) is 81.1 Å². The molecule has 0 amide bonds. The van der Waals surface area contributed by atoms with E-state index in [1.54, 1.807) is 6.92 Å². The van der Waals surface area contributed by atoms with E-state index in [1.807, 2.05) is 0 Å². The summed E-state index contributed by atoms with van der Waals surface area (Å²) in [5.41, 5.74) is -10.5. The number of alkyl halides is 1. The monoisotopic (exact) mass is 674 g/mol. The number of rotatable bonds is 8. The fourth-order valence-corrected chi connectivity index (χ4v) is 9.47. The van der Waals surface area contributed by atoms with E-state index in [0.717, 1.165) is 27.7 Å². The number of carbonyl (C=O) groups excluding carboxylic acids is 6. The molecule has 2 N–H and O–H groups in total. The molecule has 3 aliphatic carbocycles. The third-order valence-electron chi connectivity index (χ3n) is 10.6. The van der Waals surface area contributed by atoms with Gasteiger partial charge in [-0.15, -0.1) is 11.6 Å². The first kappa shape index (κ1) is 35.9. The highest BCUT2D eigenvalue weighted by Gasteiger charge is 2.87. The zero-order chi connectivity index (χ0) is 34.8. The van der Waals surface area contributed by atoms with Crippen LogP contribution in [0.3, 0.4) is 0 Å². The molecule has 0 radical (unpaired) electrons. The second-order valence-corrected chi connectivity index (χ2v) is 13.8. The van der Waals surface area contributed by atoms with Crippen LogP contribution >= 0.6 is 11.6 Å². The van der Waals surface area contributed by atoms with Gasteiger partial charge in [0.15, 0.2) is 29.5 Å². The lowest BCUT2D eigenvalue weighted by Crippen LogP contribution is -2.71. The van der Waals surface area contributed by atoms with Crippen molar-refractivity contribution in [2.75, 3.05) is 5.88 Å². The Bertz CT molecular complexity index is 1310. The molecule has 14 nitrogen and oxygen atoms in total. The third-order valence-corrected chi connectivity index (χ3v) is 11.1. The topological polar surface area (TPSA) is 198 Å². The van der Waals surface area contributed by atoms with E-state index < -0.39 is 118 Å². The quantitative estimate of drug-likeness (QED) is 0.213. The van der Waals surface area contributed by atoms with Crippen LogP contribution in [0.2, 0.25) is 0 Å². The van der Waals surface area contributed by atoms with Crippen molar-refractivity contribution in [3.8, 4) is 0 Å². The van der Waals surface area contributed by atoms with Crippen molar-refractivity contribution >= 4 is 47.4 Å². The molecule has 1 saturated heterocycles. The van der Waals surface area contributed by atoms with E-state index in [9.17, 15) is 39.0 Å². The highest BCUT2D eigenvalue weighted by Crippen LogP contribution is 2.71. The first-order valence-electron chi connectivity index (χ1n) is 15.3. The van der Waals surface area contributed by atoms with E-state index >= 15 is 0 Å². The molecule has 15 heteroatoms. The van der Waals surface area contributed by atoms with E-state index in [-0.39, 0.29) is 19.3 Å². The predicted octanol–water partition coefficient (Wildman–Crippen LogP) is 1.51.